The number of anilines is 1. The van der Waals surface area contributed by atoms with Gasteiger partial charge in [0.1, 0.15) is 5.75 Å². The van der Waals surface area contributed by atoms with Crippen molar-refractivity contribution in [3.63, 3.8) is 0 Å². The van der Waals surface area contributed by atoms with Crippen LogP contribution in [0.3, 0.4) is 0 Å². The van der Waals surface area contributed by atoms with Crippen LogP contribution in [-0.2, 0) is 17.9 Å². The summed E-state index contributed by atoms with van der Waals surface area (Å²) >= 11 is 1.88. The molecule has 4 nitrogen and oxygen atoms in total. The summed E-state index contributed by atoms with van der Waals surface area (Å²) in [6.07, 6.45) is 18.4. The minimum absolute atomic E-state index is 0. The molecule has 0 unspecified atom stereocenters. The number of carbonyl (C=O) groups is 1. The van der Waals surface area contributed by atoms with Crippen LogP contribution in [0.25, 0.3) is 0 Å². The molecule has 2 aromatic rings. The molecule has 0 aliphatic carbocycles. The molecule has 0 fully saturated rings. The Kier molecular flexibility index (Phi) is 17.2. The Balaban J connectivity index is 0.00000560. The van der Waals surface area contributed by atoms with Gasteiger partial charge in [0.15, 0.2) is 0 Å². The van der Waals surface area contributed by atoms with E-state index in [1.807, 2.05) is 28.8 Å². The number of amides is 1. The van der Waals surface area contributed by atoms with Gasteiger partial charge in [-0.05, 0) is 53.6 Å². The summed E-state index contributed by atoms with van der Waals surface area (Å²) in [4.78, 5) is 18.0. The van der Waals surface area contributed by atoms with Gasteiger partial charge in [-0.3, -0.25) is 4.79 Å². The van der Waals surface area contributed by atoms with Crippen LogP contribution >= 0.6 is 28.7 Å². The van der Waals surface area contributed by atoms with Crippen LogP contribution < -0.4 is 9.64 Å². The molecule has 0 saturated heterocycles. The first-order valence-electron chi connectivity index (χ1n) is 15.2. The van der Waals surface area contributed by atoms with Crippen molar-refractivity contribution in [1.82, 2.24) is 4.90 Å². The minimum Gasteiger partial charge on any atom is -0.494 e. The fraction of sp³-hybridized carbons (Fsp3) is 0.559. The molecular weight excluding hydrogens is 580 g/mol. The topological polar surface area (TPSA) is 32.8 Å². The van der Waals surface area contributed by atoms with Gasteiger partial charge >= 0.3 is 0 Å². The number of hydrogen-bond acceptors (Lipinski definition) is 4. The van der Waals surface area contributed by atoms with Crippen LogP contribution in [0.5, 0.6) is 5.75 Å². The van der Waals surface area contributed by atoms with Gasteiger partial charge in [0.25, 0.3) is 0 Å². The minimum atomic E-state index is 0. The molecular formula is C34H51BrN2O2S. The normalized spacial score (nSPS) is 12.7. The molecule has 1 amide bonds. The third-order valence-electron chi connectivity index (χ3n) is 7.37. The van der Waals surface area contributed by atoms with Crippen LogP contribution in [0.4, 0.5) is 5.69 Å². The SMILES string of the molecule is Br.CCCCCCCCCCCCCCOc1ccc(CN(C(C)=O)c2ccc(CN3C=C(C)SC3)cc2)cc1. The number of unbranched alkanes of at least 4 members (excludes halogenated alkanes) is 11. The lowest BCUT2D eigenvalue weighted by Gasteiger charge is -2.22. The Morgan fingerprint density at radius 1 is 0.825 bits per heavy atom. The largest absolute Gasteiger partial charge is 0.494 e. The third kappa shape index (κ3) is 13.2. The van der Waals surface area contributed by atoms with Crippen molar-refractivity contribution in [2.45, 2.75) is 111 Å². The number of thioether (sulfide) groups is 1. The van der Waals surface area contributed by atoms with E-state index in [1.54, 1.807) is 6.92 Å². The zero-order chi connectivity index (χ0) is 27.7. The van der Waals surface area contributed by atoms with Gasteiger partial charge in [0, 0.05) is 25.4 Å². The lowest BCUT2D eigenvalue weighted by Crippen LogP contribution is -2.27. The summed E-state index contributed by atoms with van der Waals surface area (Å²) in [5, 5.41) is 0. The molecule has 0 bridgehead atoms. The number of allylic oxidation sites excluding steroid dienone is 1. The third-order valence-corrected chi connectivity index (χ3v) is 8.39. The molecule has 0 aromatic heterocycles. The molecule has 6 heteroatoms. The Labute approximate surface area is 258 Å². The monoisotopic (exact) mass is 630 g/mol. The quantitative estimate of drug-likeness (QED) is 0.145. The maximum absolute atomic E-state index is 12.4. The van der Waals surface area contributed by atoms with Gasteiger partial charge in [-0.25, -0.2) is 0 Å². The number of benzene rings is 2. The maximum atomic E-state index is 12.4. The van der Waals surface area contributed by atoms with Crippen LogP contribution in [0.15, 0.2) is 59.6 Å². The number of nitrogens with zero attached hydrogens (tertiary/aromatic N) is 2. The van der Waals surface area contributed by atoms with Gasteiger partial charge in [0.05, 0.1) is 19.0 Å². The molecule has 0 spiro atoms. The second kappa shape index (κ2) is 20.0. The second-order valence-corrected chi connectivity index (χ2v) is 12.1. The molecule has 0 radical (unpaired) electrons. The lowest BCUT2D eigenvalue weighted by molar-refractivity contribution is -0.116. The fourth-order valence-corrected chi connectivity index (χ4v) is 5.77. The van der Waals surface area contributed by atoms with Crippen LogP contribution in [0.2, 0.25) is 0 Å². The van der Waals surface area contributed by atoms with E-state index >= 15 is 0 Å². The highest BCUT2D eigenvalue weighted by Gasteiger charge is 2.14. The van der Waals surface area contributed by atoms with Crippen molar-refractivity contribution in [1.29, 1.82) is 0 Å². The van der Waals surface area contributed by atoms with Crippen molar-refractivity contribution in [3.8, 4) is 5.75 Å². The summed E-state index contributed by atoms with van der Waals surface area (Å²) in [6, 6.07) is 16.6. The number of halogens is 1. The summed E-state index contributed by atoms with van der Waals surface area (Å²) in [5.74, 6) is 1.96. The number of rotatable bonds is 19. The van der Waals surface area contributed by atoms with Crippen molar-refractivity contribution < 1.29 is 9.53 Å². The van der Waals surface area contributed by atoms with E-state index in [1.165, 1.54) is 81.1 Å². The molecule has 40 heavy (non-hydrogen) atoms. The average Bonchev–Trinajstić information content (AvgIpc) is 3.35. The second-order valence-electron chi connectivity index (χ2n) is 10.9. The first-order chi connectivity index (χ1) is 19.0. The average molecular weight is 632 g/mol. The molecule has 1 aliphatic rings. The maximum Gasteiger partial charge on any atom is 0.224 e. The lowest BCUT2D eigenvalue weighted by atomic mass is 10.1. The van der Waals surface area contributed by atoms with E-state index in [0.717, 1.165) is 42.4 Å². The van der Waals surface area contributed by atoms with E-state index in [0.29, 0.717) is 6.54 Å². The van der Waals surface area contributed by atoms with Crippen molar-refractivity contribution >= 4 is 40.3 Å². The smallest absolute Gasteiger partial charge is 0.224 e. The molecule has 0 saturated carbocycles. The predicted molar refractivity (Wildman–Crippen MR) is 178 cm³/mol. The van der Waals surface area contributed by atoms with Gasteiger partial charge in [0.2, 0.25) is 5.91 Å². The molecule has 1 aliphatic heterocycles. The number of carbonyl (C=O) groups excluding carboxylic acids is 1. The first kappa shape index (κ1) is 34.3. The molecule has 222 valence electrons. The van der Waals surface area contributed by atoms with Crippen LogP contribution in [0, 0.1) is 0 Å². The molecule has 0 atom stereocenters. The molecule has 3 rings (SSSR count). The van der Waals surface area contributed by atoms with Crippen LogP contribution in [0.1, 0.15) is 109 Å². The summed E-state index contributed by atoms with van der Waals surface area (Å²) < 4.78 is 5.97. The van der Waals surface area contributed by atoms with Crippen molar-refractivity contribution in [2.75, 3.05) is 17.4 Å². The zero-order valence-corrected chi connectivity index (χ0v) is 27.6. The highest BCUT2D eigenvalue weighted by atomic mass is 79.9. The summed E-state index contributed by atoms with van der Waals surface area (Å²) in [7, 11) is 0. The van der Waals surface area contributed by atoms with Gasteiger partial charge < -0.3 is 14.5 Å². The zero-order valence-electron chi connectivity index (χ0n) is 25.0. The standard InChI is InChI=1S/C34H50N2O2S.BrH/c1-4-5-6-7-8-9-10-11-12-13-14-15-24-38-34-22-18-32(19-23-34)27-36(30(3)37)33-20-16-31(17-21-33)26-35-25-29(2)39-28-35;/h16-23,25H,4-15,24,26-28H2,1-3H3;1H. The predicted octanol–water partition coefficient (Wildman–Crippen LogP) is 10.3. The Morgan fingerprint density at radius 2 is 1.38 bits per heavy atom. The molecule has 0 N–H and O–H groups in total. The Morgan fingerprint density at radius 3 is 1.90 bits per heavy atom. The van der Waals surface area contributed by atoms with Gasteiger partial charge in [-0.1, -0.05) is 102 Å². The van der Waals surface area contributed by atoms with E-state index in [2.05, 4.69) is 61.3 Å². The first-order valence-corrected chi connectivity index (χ1v) is 16.2. The fourth-order valence-electron chi connectivity index (χ4n) is 5.01. The Hall–Kier alpha value is -1.92. The van der Waals surface area contributed by atoms with E-state index in [4.69, 9.17) is 4.74 Å². The number of hydrogen-bond donors (Lipinski definition) is 0. The summed E-state index contributed by atoms with van der Waals surface area (Å²) in [6.45, 7) is 8.28. The Bertz CT molecular complexity index is 994. The summed E-state index contributed by atoms with van der Waals surface area (Å²) in [5.41, 5.74) is 3.28. The van der Waals surface area contributed by atoms with E-state index in [-0.39, 0.29) is 22.9 Å². The number of ether oxygens (including phenoxy) is 1. The molecule has 1 heterocycles. The van der Waals surface area contributed by atoms with Crippen molar-refractivity contribution in [2.24, 2.45) is 0 Å². The highest BCUT2D eigenvalue weighted by Crippen LogP contribution is 2.27. The van der Waals surface area contributed by atoms with Crippen molar-refractivity contribution in [3.05, 3.63) is 70.8 Å². The van der Waals surface area contributed by atoms with E-state index in [9.17, 15) is 4.79 Å². The van der Waals surface area contributed by atoms with Gasteiger partial charge in [-0.15, -0.1) is 28.7 Å². The van der Waals surface area contributed by atoms with Gasteiger partial charge in [-0.2, -0.15) is 0 Å². The van der Waals surface area contributed by atoms with E-state index < -0.39 is 0 Å². The highest BCUT2D eigenvalue weighted by molar-refractivity contribution is 8.93. The molecule has 2 aromatic carbocycles. The van der Waals surface area contributed by atoms with Crippen LogP contribution in [-0.4, -0.2) is 23.3 Å².